The highest BCUT2D eigenvalue weighted by Gasteiger charge is 2.25. The maximum absolute atomic E-state index is 13.4. The molecule has 1 aliphatic heterocycles. The molecule has 0 N–H and O–H groups in total. The Bertz CT molecular complexity index is 909. The Morgan fingerprint density at radius 1 is 0.966 bits per heavy atom. The lowest BCUT2D eigenvalue weighted by molar-refractivity contribution is -0.133. The Hall–Kier alpha value is -2.96. The number of benzene rings is 2. The molecule has 0 bridgehead atoms. The smallest absolute Gasteiger partial charge is 0.254 e. The highest BCUT2D eigenvalue weighted by atomic mass is 19.2. The lowest BCUT2D eigenvalue weighted by Gasteiger charge is -2.35. The lowest BCUT2D eigenvalue weighted by Crippen LogP contribution is -2.50. The van der Waals surface area contributed by atoms with Crippen molar-refractivity contribution in [2.75, 3.05) is 32.8 Å². The fraction of sp³-hybridized carbons (Fsp3) is 0.364. The van der Waals surface area contributed by atoms with Gasteiger partial charge in [-0.05, 0) is 49.2 Å². The van der Waals surface area contributed by atoms with E-state index in [1.165, 1.54) is 6.07 Å². The van der Waals surface area contributed by atoms with Crippen molar-refractivity contribution in [1.29, 1.82) is 0 Å². The molecular formula is C22H24F2N2O3. The average Bonchev–Trinajstić information content (AvgIpc) is 2.72. The maximum Gasteiger partial charge on any atom is 0.254 e. The second kappa shape index (κ2) is 9.03. The van der Waals surface area contributed by atoms with Gasteiger partial charge in [-0.15, -0.1) is 0 Å². The summed E-state index contributed by atoms with van der Waals surface area (Å²) in [5, 5.41) is 0. The lowest BCUT2D eigenvalue weighted by atomic mass is 10.1. The van der Waals surface area contributed by atoms with Crippen molar-refractivity contribution in [1.82, 2.24) is 9.80 Å². The molecule has 0 aliphatic carbocycles. The van der Waals surface area contributed by atoms with Gasteiger partial charge in [-0.2, -0.15) is 0 Å². The van der Waals surface area contributed by atoms with Crippen LogP contribution in [0.1, 0.15) is 27.9 Å². The zero-order valence-electron chi connectivity index (χ0n) is 16.6. The largest absolute Gasteiger partial charge is 0.493 e. The summed E-state index contributed by atoms with van der Waals surface area (Å²) in [7, 11) is 0. The van der Waals surface area contributed by atoms with Crippen LogP contribution in [-0.4, -0.2) is 54.4 Å². The van der Waals surface area contributed by atoms with Crippen LogP contribution < -0.4 is 4.74 Å². The second-order valence-electron chi connectivity index (χ2n) is 7.10. The van der Waals surface area contributed by atoms with E-state index in [1.807, 2.05) is 32.0 Å². The van der Waals surface area contributed by atoms with Gasteiger partial charge in [-0.1, -0.05) is 12.1 Å². The van der Waals surface area contributed by atoms with Crippen LogP contribution in [-0.2, 0) is 4.79 Å². The summed E-state index contributed by atoms with van der Waals surface area (Å²) < 4.78 is 32.1. The SMILES string of the molecule is Cc1cccc(OCCC(=O)N2CCN(C(=O)c3ccc(F)c(F)c3)CC2)c1C. The predicted octanol–water partition coefficient (Wildman–Crippen LogP) is 3.34. The van der Waals surface area contributed by atoms with E-state index in [4.69, 9.17) is 4.74 Å². The van der Waals surface area contributed by atoms with Gasteiger partial charge in [0, 0.05) is 31.7 Å². The quantitative estimate of drug-likeness (QED) is 0.771. The van der Waals surface area contributed by atoms with Crippen molar-refractivity contribution in [3.63, 3.8) is 0 Å². The summed E-state index contributed by atoms with van der Waals surface area (Å²) in [5.41, 5.74) is 2.30. The monoisotopic (exact) mass is 402 g/mol. The zero-order chi connectivity index (χ0) is 21.0. The van der Waals surface area contributed by atoms with Crippen LogP contribution in [0.5, 0.6) is 5.75 Å². The van der Waals surface area contributed by atoms with Crippen molar-refractivity contribution in [3.05, 3.63) is 64.7 Å². The Morgan fingerprint density at radius 2 is 1.66 bits per heavy atom. The summed E-state index contributed by atoms with van der Waals surface area (Å²) in [5.74, 6) is -1.65. The number of piperazine rings is 1. The van der Waals surface area contributed by atoms with E-state index in [9.17, 15) is 18.4 Å². The van der Waals surface area contributed by atoms with Gasteiger partial charge in [0.2, 0.25) is 5.91 Å². The number of rotatable bonds is 5. The van der Waals surface area contributed by atoms with Gasteiger partial charge in [0.1, 0.15) is 5.75 Å². The third-order valence-corrected chi connectivity index (χ3v) is 5.21. The molecule has 0 spiro atoms. The van der Waals surface area contributed by atoms with Crippen LogP contribution in [0.15, 0.2) is 36.4 Å². The third kappa shape index (κ3) is 4.91. The number of amides is 2. The van der Waals surface area contributed by atoms with E-state index < -0.39 is 11.6 Å². The van der Waals surface area contributed by atoms with Crippen LogP contribution >= 0.6 is 0 Å². The van der Waals surface area contributed by atoms with E-state index in [-0.39, 0.29) is 30.4 Å². The number of nitrogens with zero attached hydrogens (tertiary/aromatic N) is 2. The maximum atomic E-state index is 13.4. The van der Waals surface area contributed by atoms with Crippen LogP contribution in [0.25, 0.3) is 0 Å². The molecule has 0 radical (unpaired) electrons. The van der Waals surface area contributed by atoms with Crippen LogP contribution in [0.2, 0.25) is 0 Å². The van der Waals surface area contributed by atoms with Gasteiger partial charge in [0.05, 0.1) is 13.0 Å². The van der Waals surface area contributed by atoms with E-state index >= 15 is 0 Å². The Balaban J connectivity index is 1.47. The number of carbonyl (C=O) groups excluding carboxylic acids is 2. The number of ether oxygens (including phenoxy) is 1. The van der Waals surface area contributed by atoms with Crippen LogP contribution in [0.3, 0.4) is 0 Å². The first-order valence-electron chi connectivity index (χ1n) is 9.58. The van der Waals surface area contributed by atoms with Crippen LogP contribution in [0.4, 0.5) is 8.78 Å². The summed E-state index contributed by atoms with van der Waals surface area (Å²) in [6.07, 6.45) is 0.254. The molecule has 2 aromatic rings. The van der Waals surface area contributed by atoms with Gasteiger partial charge in [-0.3, -0.25) is 9.59 Å². The molecule has 1 saturated heterocycles. The molecular weight excluding hydrogens is 378 g/mol. The molecule has 29 heavy (non-hydrogen) atoms. The van der Waals surface area contributed by atoms with Gasteiger partial charge in [0.25, 0.3) is 5.91 Å². The van der Waals surface area contributed by atoms with Gasteiger partial charge in [-0.25, -0.2) is 8.78 Å². The van der Waals surface area contributed by atoms with E-state index in [1.54, 1.807) is 9.80 Å². The summed E-state index contributed by atoms with van der Waals surface area (Å²) >= 11 is 0. The summed E-state index contributed by atoms with van der Waals surface area (Å²) in [6, 6.07) is 8.92. The predicted molar refractivity (Wildman–Crippen MR) is 105 cm³/mol. The molecule has 5 nitrogen and oxygen atoms in total. The molecule has 7 heteroatoms. The molecule has 154 valence electrons. The first-order chi connectivity index (χ1) is 13.9. The first-order valence-corrected chi connectivity index (χ1v) is 9.58. The van der Waals surface area contributed by atoms with E-state index in [0.717, 1.165) is 29.0 Å². The molecule has 2 aromatic carbocycles. The normalized spacial score (nSPS) is 14.1. The summed E-state index contributed by atoms with van der Waals surface area (Å²) in [6.45, 7) is 5.78. The standard InChI is InChI=1S/C22H24F2N2O3/c1-15-4-3-5-20(16(15)2)29-13-8-21(27)25-9-11-26(12-10-25)22(28)17-6-7-18(23)19(24)14-17/h3-7,14H,8-13H2,1-2H3. The highest BCUT2D eigenvalue weighted by molar-refractivity contribution is 5.94. The van der Waals surface area contributed by atoms with Crippen molar-refractivity contribution in [2.24, 2.45) is 0 Å². The number of hydrogen-bond donors (Lipinski definition) is 0. The minimum atomic E-state index is -1.05. The average molecular weight is 402 g/mol. The molecule has 1 fully saturated rings. The first kappa shape index (κ1) is 20.8. The molecule has 1 aliphatic rings. The molecule has 3 rings (SSSR count). The van der Waals surface area contributed by atoms with Gasteiger partial charge < -0.3 is 14.5 Å². The van der Waals surface area contributed by atoms with Crippen LogP contribution in [0, 0.1) is 25.5 Å². The summed E-state index contributed by atoms with van der Waals surface area (Å²) in [4.78, 5) is 28.1. The Labute approximate surface area is 168 Å². The number of aryl methyl sites for hydroxylation is 1. The molecule has 0 aromatic heterocycles. The van der Waals surface area contributed by atoms with Crippen molar-refractivity contribution in [3.8, 4) is 5.75 Å². The molecule has 0 saturated carbocycles. The van der Waals surface area contributed by atoms with Gasteiger partial charge in [0.15, 0.2) is 11.6 Å². The zero-order valence-corrected chi connectivity index (χ0v) is 16.6. The molecule has 0 atom stereocenters. The van der Waals surface area contributed by atoms with E-state index in [0.29, 0.717) is 26.2 Å². The molecule has 1 heterocycles. The fourth-order valence-electron chi connectivity index (χ4n) is 3.26. The number of carbonyl (C=O) groups is 2. The number of hydrogen-bond acceptors (Lipinski definition) is 3. The highest BCUT2D eigenvalue weighted by Crippen LogP contribution is 2.20. The second-order valence-corrected chi connectivity index (χ2v) is 7.10. The molecule has 2 amide bonds. The Kier molecular flexibility index (Phi) is 6.46. The van der Waals surface area contributed by atoms with E-state index in [2.05, 4.69) is 0 Å². The minimum Gasteiger partial charge on any atom is -0.493 e. The van der Waals surface area contributed by atoms with Crippen molar-refractivity contribution < 1.29 is 23.1 Å². The fourth-order valence-corrected chi connectivity index (χ4v) is 3.26. The van der Waals surface area contributed by atoms with Crippen molar-refractivity contribution >= 4 is 11.8 Å². The topological polar surface area (TPSA) is 49.9 Å². The van der Waals surface area contributed by atoms with Gasteiger partial charge >= 0.3 is 0 Å². The minimum absolute atomic E-state index is 0.0322. The number of halogens is 2. The van der Waals surface area contributed by atoms with Crippen molar-refractivity contribution in [2.45, 2.75) is 20.3 Å². The Morgan fingerprint density at radius 3 is 2.34 bits per heavy atom. The third-order valence-electron chi connectivity index (χ3n) is 5.21. The molecule has 0 unspecified atom stereocenters.